The highest BCUT2D eigenvalue weighted by Crippen LogP contribution is 2.44. The van der Waals surface area contributed by atoms with Crippen LogP contribution in [0.15, 0.2) is 36.9 Å². The van der Waals surface area contributed by atoms with Gasteiger partial charge in [-0.15, -0.1) is 0 Å². The molecule has 0 aromatic carbocycles. The topological polar surface area (TPSA) is 145 Å². The third kappa shape index (κ3) is 3.77. The minimum atomic E-state index is -0.487. The van der Waals surface area contributed by atoms with Crippen molar-refractivity contribution in [1.82, 2.24) is 34.3 Å². The largest absolute Gasteiger partial charge is 0.387 e. The van der Waals surface area contributed by atoms with Crippen LogP contribution < -0.4 is 5.73 Å². The number of hydrogen-bond acceptors (Lipinski definition) is 8. The summed E-state index contributed by atoms with van der Waals surface area (Å²) in [4.78, 5) is 36.4. The predicted molar refractivity (Wildman–Crippen MR) is 135 cm³/mol. The smallest absolute Gasteiger partial charge is 0.248 e. The fourth-order valence-electron chi connectivity index (χ4n) is 6.00. The lowest BCUT2D eigenvalue weighted by atomic mass is 9.85. The molecule has 4 aromatic heterocycles. The van der Waals surface area contributed by atoms with Crippen molar-refractivity contribution in [2.75, 3.05) is 12.3 Å². The molecular formula is C26H28N8O3. The molecule has 2 aliphatic rings. The average molecular weight is 501 g/mol. The van der Waals surface area contributed by atoms with Crippen LogP contribution in [0.5, 0.6) is 0 Å². The zero-order valence-electron chi connectivity index (χ0n) is 20.7. The maximum Gasteiger partial charge on any atom is 0.248 e. The number of fused-ring (bicyclic) bond motifs is 3. The summed E-state index contributed by atoms with van der Waals surface area (Å²) in [6.45, 7) is 2.98. The van der Waals surface area contributed by atoms with Gasteiger partial charge in [-0.05, 0) is 57.2 Å². The number of rotatable bonds is 5. The molecule has 6 heterocycles. The van der Waals surface area contributed by atoms with E-state index in [-0.39, 0.29) is 35.5 Å². The lowest BCUT2D eigenvalue weighted by Gasteiger charge is -2.39. The lowest BCUT2D eigenvalue weighted by Crippen LogP contribution is -2.47. The Balaban J connectivity index is 1.41. The molecule has 0 saturated carbocycles. The third-order valence-electron chi connectivity index (χ3n) is 7.61. The van der Waals surface area contributed by atoms with E-state index in [1.54, 1.807) is 23.3 Å². The summed E-state index contributed by atoms with van der Waals surface area (Å²) in [6.07, 6.45) is 10.2. The molecule has 4 aromatic rings. The third-order valence-corrected chi connectivity index (χ3v) is 7.61. The first kappa shape index (κ1) is 23.3. The van der Waals surface area contributed by atoms with Crippen LogP contribution in [-0.4, -0.2) is 69.7 Å². The highest BCUT2D eigenvalue weighted by Gasteiger charge is 2.44. The predicted octanol–water partition coefficient (Wildman–Crippen LogP) is 2.30. The van der Waals surface area contributed by atoms with Crippen molar-refractivity contribution in [3.63, 3.8) is 0 Å². The first-order valence-corrected chi connectivity index (χ1v) is 12.4. The summed E-state index contributed by atoms with van der Waals surface area (Å²) in [5.74, 6) is 0.523. The highest BCUT2D eigenvalue weighted by molar-refractivity contribution is 6.00. The number of pyridine rings is 1. The number of carbonyl (C=O) groups excluding carboxylic acids is 2. The molecule has 0 radical (unpaired) electrons. The van der Waals surface area contributed by atoms with Gasteiger partial charge in [0.1, 0.15) is 12.4 Å². The number of carbonyl (C=O) groups is 2. The molecule has 6 rings (SSSR count). The van der Waals surface area contributed by atoms with Crippen LogP contribution in [-0.2, 0) is 4.79 Å². The van der Waals surface area contributed by atoms with Crippen LogP contribution >= 0.6 is 0 Å². The number of ketones is 1. The summed E-state index contributed by atoms with van der Waals surface area (Å²) in [6, 6.07) is 3.86. The molecule has 11 heteroatoms. The number of aromatic nitrogens is 6. The minimum Gasteiger partial charge on any atom is -0.387 e. The maximum absolute atomic E-state index is 12.7. The van der Waals surface area contributed by atoms with Gasteiger partial charge in [-0.3, -0.25) is 9.59 Å². The van der Waals surface area contributed by atoms with Gasteiger partial charge >= 0.3 is 0 Å². The highest BCUT2D eigenvalue weighted by atomic mass is 16.3. The van der Waals surface area contributed by atoms with Gasteiger partial charge in [-0.1, -0.05) is 0 Å². The Morgan fingerprint density at radius 1 is 1.11 bits per heavy atom. The van der Waals surface area contributed by atoms with Crippen LogP contribution in [0, 0.1) is 6.92 Å². The fraction of sp³-hybridized carbons (Fsp3) is 0.385. The van der Waals surface area contributed by atoms with Gasteiger partial charge in [0.05, 0.1) is 23.7 Å². The van der Waals surface area contributed by atoms with Crippen LogP contribution in [0.3, 0.4) is 0 Å². The zero-order chi connectivity index (χ0) is 25.8. The van der Waals surface area contributed by atoms with E-state index in [1.165, 1.54) is 11.4 Å². The van der Waals surface area contributed by atoms with Gasteiger partial charge in [-0.2, -0.15) is 14.7 Å². The van der Waals surface area contributed by atoms with Crippen LogP contribution in [0.2, 0.25) is 0 Å². The summed E-state index contributed by atoms with van der Waals surface area (Å²) in [5, 5.41) is 18.2. The fourth-order valence-corrected chi connectivity index (χ4v) is 6.00. The number of amides is 1. The second-order valence-corrected chi connectivity index (χ2v) is 9.99. The van der Waals surface area contributed by atoms with E-state index in [0.717, 1.165) is 29.5 Å². The lowest BCUT2D eigenvalue weighted by molar-refractivity contribution is -0.138. The molecule has 0 aliphatic carbocycles. The van der Waals surface area contributed by atoms with Gasteiger partial charge in [-0.25, -0.2) is 14.6 Å². The van der Waals surface area contributed by atoms with Gasteiger partial charge in [0.2, 0.25) is 5.91 Å². The number of Topliss-reactive ketones (excluding diaryl/α,β-unsaturated/α-hetero) is 1. The molecule has 2 saturated heterocycles. The van der Waals surface area contributed by atoms with E-state index in [4.69, 9.17) is 10.7 Å². The van der Waals surface area contributed by atoms with Gasteiger partial charge in [0, 0.05) is 41.5 Å². The molecule has 190 valence electrons. The molecule has 0 spiro atoms. The molecule has 2 fully saturated rings. The van der Waals surface area contributed by atoms with Crippen molar-refractivity contribution in [3.8, 4) is 16.9 Å². The Kier molecular flexibility index (Phi) is 5.52. The Morgan fingerprint density at radius 2 is 1.86 bits per heavy atom. The normalized spacial score (nSPS) is 21.1. The number of hydrogen-bond donors (Lipinski definition) is 2. The quantitative estimate of drug-likeness (QED) is 0.397. The Hall–Kier alpha value is -4.12. The molecule has 1 amide bonds. The number of nitrogen functional groups attached to an aromatic ring is 1. The summed E-state index contributed by atoms with van der Waals surface area (Å²) < 4.78 is 3.23. The van der Waals surface area contributed by atoms with E-state index in [9.17, 15) is 14.7 Å². The van der Waals surface area contributed by atoms with Gasteiger partial charge < -0.3 is 15.7 Å². The summed E-state index contributed by atoms with van der Waals surface area (Å²) >= 11 is 0. The molecule has 3 atom stereocenters. The van der Waals surface area contributed by atoms with Crippen molar-refractivity contribution in [2.45, 2.75) is 57.5 Å². The Labute approximate surface area is 212 Å². The van der Waals surface area contributed by atoms with Gasteiger partial charge in [0.15, 0.2) is 17.2 Å². The minimum absolute atomic E-state index is 0.0227. The van der Waals surface area contributed by atoms with E-state index in [1.807, 2.05) is 30.2 Å². The number of aliphatic hydroxyl groups is 1. The monoisotopic (exact) mass is 500 g/mol. The molecule has 2 bridgehead atoms. The van der Waals surface area contributed by atoms with Crippen molar-refractivity contribution in [1.29, 1.82) is 0 Å². The second-order valence-electron chi connectivity index (χ2n) is 9.99. The molecule has 2 aliphatic heterocycles. The number of aliphatic hydroxyl groups excluding tert-OH is 1. The van der Waals surface area contributed by atoms with E-state index >= 15 is 0 Å². The Morgan fingerprint density at radius 3 is 2.46 bits per heavy atom. The SMILES string of the molecule is CC(=O)c1c([C@H]2C[C@H]3CC[C@@H](C2)N3C(=O)CO)nc2c(-c3ccc(-n4cc(C)cn4)nc3)cnn2c1N. The standard InChI is InChI=1S/C26H28N8O3/c1-14-9-29-32(12-14)21-6-3-16(10-28-21)20-11-30-34-25(27)23(15(2)36)24(31-26(20)34)17-7-18-4-5-19(8-17)33(18)22(37)13-35/h3,6,9-12,17-19,35H,4-5,7-8,13,27H2,1-2H3/t17-,18+,19-. The summed E-state index contributed by atoms with van der Waals surface area (Å²) in [7, 11) is 0. The Bertz CT molecular complexity index is 1510. The molecule has 11 nitrogen and oxygen atoms in total. The van der Waals surface area contributed by atoms with Crippen LogP contribution in [0.1, 0.15) is 60.1 Å². The second kappa shape index (κ2) is 8.77. The molecule has 0 unspecified atom stereocenters. The van der Waals surface area contributed by atoms with Crippen molar-refractivity contribution < 1.29 is 14.7 Å². The molecule has 37 heavy (non-hydrogen) atoms. The average Bonchev–Trinajstić information content (AvgIpc) is 3.59. The maximum atomic E-state index is 12.7. The summed E-state index contributed by atoms with van der Waals surface area (Å²) in [5.41, 5.74) is 10.7. The van der Waals surface area contributed by atoms with Crippen LogP contribution in [0.25, 0.3) is 22.6 Å². The van der Waals surface area contributed by atoms with E-state index < -0.39 is 6.61 Å². The van der Waals surface area contributed by atoms with Crippen molar-refractivity contribution >= 4 is 23.2 Å². The number of aryl methyl sites for hydroxylation is 1. The number of piperidine rings is 1. The van der Waals surface area contributed by atoms with Gasteiger partial charge in [0.25, 0.3) is 0 Å². The number of nitrogens with two attached hydrogens (primary N) is 1. The number of anilines is 1. The molecule has 3 N–H and O–H groups in total. The first-order valence-electron chi connectivity index (χ1n) is 12.4. The first-order chi connectivity index (χ1) is 17.9. The number of nitrogens with zero attached hydrogens (tertiary/aromatic N) is 7. The van der Waals surface area contributed by atoms with Crippen molar-refractivity contribution in [3.05, 3.63) is 53.7 Å². The van der Waals surface area contributed by atoms with E-state index in [0.29, 0.717) is 35.6 Å². The molecular weight excluding hydrogens is 472 g/mol. The van der Waals surface area contributed by atoms with E-state index in [2.05, 4.69) is 15.2 Å². The zero-order valence-corrected chi connectivity index (χ0v) is 20.7. The van der Waals surface area contributed by atoms with Crippen molar-refractivity contribution in [2.24, 2.45) is 0 Å². The van der Waals surface area contributed by atoms with Crippen LogP contribution in [0.4, 0.5) is 5.82 Å².